The quantitative estimate of drug-likeness (QED) is 0.752. The van der Waals surface area contributed by atoms with Crippen LogP contribution in [0.3, 0.4) is 0 Å². The molecule has 96 valence electrons. The highest BCUT2D eigenvalue weighted by Gasteiger charge is 2.11. The highest BCUT2D eigenvalue weighted by atomic mass is 16.5. The number of rotatable bonds is 8. The van der Waals surface area contributed by atoms with E-state index in [9.17, 15) is 0 Å². The first-order valence-electron chi connectivity index (χ1n) is 6.36. The minimum Gasteiger partial charge on any atom is -0.490 e. The summed E-state index contributed by atoms with van der Waals surface area (Å²) in [6, 6.07) is 3.88. The second-order valence-corrected chi connectivity index (χ2v) is 3.90. The Bertz CT molecular complexity index is 317. The van der Waals surface area contributed by atoms with Gasteiger partial charge >= 0.3 is 0 Å². The summed E-state index contributed by atoms with van der Waals surface area (Å²) in [5.41, 5.74) is 5.55. The van der Waals surface area contributed by atoms with Crippen LogP contribution in [0.4, 0.5) is 5.82 Å². The second-order valence-electron chi connectivity index (χ2n) is 3.90. The Morgan fingerprint density at radius 3 is 2.88 bits per heavy atom. The van der Waals surface area contributed by atoms with Crippen LogP contribution in [0.1, 0.15) is 26.7 Å². The first-order chi connectivity index (χ1) is 8.33. The van der Waals surface area contributed by atoms with E-state index in [0.717, 1.165) is 44.1 Å². The minimum atomic E-state index is 0.703. The summed E-state index contributed by atoms with van der Waals surface area (Å²) in [5, 5.41) is 0. The van der Waals surface area contributed by atoms with Gasteiger partial charge in [-0.15, -0.1) is 0 Å². The van der Waals surface area contributed by atoms with Crippen molar-refractivity contribution in [1.82, 2.24) is 4.98 Å². The van der Waals surface area contributed by atoms with E-state index in [1.807, 2.05) is 12.1 Å². The number of ether oxygens (including phenoxy) is 1. The van der Waals surface area contributed by atoms with Crippen molar-refractivity contribution in [1.29, 1.82) is 0 Å². The van der Waals surface area contributed by atoms with Crippen LogP contribution in [0.2, 0.25) is 0 Å². The number of anilines is 1. The largest absolute Gasteiger partial charge is 0.490 e. The molecule has 0 bridgehead atoms. The predicted molar refractivity (Wildman–Crippen MR) is 71.6 cm³/mol. The average molecular weight is 237 g/mol. The summed E-state index contributed by atoms with van der Waals surface area (Å²) in [6.07, 6.45) is 3.78. The van der Waals surface area contributed by atoms with Crippen LogP contribution in [-0.2, 0) is 0 Å². The fourth-order valence-corrected chi connectivity index (χ4v) is 1.64. The molecule has 0 aliphatic rings. The number of hydrogen-bond donors (Lipinski definition) is 1. The molecule has 1 rings (SSSR count). The fraction of sp³-hybridized carbons (Fsp3) is 0.615. The van der Waals surface area contributed by atoms with Gasteiger partial charge in [-0.3, -0.25) is 0 Å². The van der Waals surface area contributed by atoms with Gasteiger partial charge in [0.1, 0.15) is 0 Å². The van der Waals surface area contributed by atoms with E-state index in [0.29, 0.717) is 6.54 Å². The van der Waals surface area contributed by atoms with Gasteiger partial charge in [-0.2, -0.15) is 0 Å². The Balaban J connectivity index is 2.77. The molecular weight excluding hydrogens is 214 g/mol. The first kappa shape index (κ1) is 13.8. The molecule has 0 amide bonds. The maximum Gasteiger partial charge on any atom is 0.171 e. The van der Waals surface area contributed by atoms with E-state index in [-0.39, 0.29) is 0 Å². The Morgan fingerprint density at radius 2 is 2.24 bits per heavy atom. The molecular formula is C13H23N3O. The molecule has 0 atom stereocenters. The van der Waals surface area contributed by atoms with Crippen LogP contribution in [0, 0.1) is 0 Å². The summed E-state index contributed by atoms with van der Waals surface area (Å²) in [7, 11) is 0. The van der Waals surface area contributed by atoms with Gasteiger partial charge in [0.15, 0.2) is 11.6 Å². The number of aromatic nitrogens is 1. The fourth-order valence-electron chi connectivity index (χ4n) is 1.64. The van der Waals surface area contributed by atoms with E-state index in [4.69, 9.17) is 10.5 Å². The molecule has 1 aromatic heterocycles. The lowest BCUT2D eigenvalue weighted by atomic mass is 10.3. The molecule has 17 heavy (non-hydrogen) atoms. The maximum atomic E-state index is 5.71. The van der Waals surface area contributed by atoms with Gasteiger partial charge in [0, 0.05) is 19.3 Å². The monoisotopic (exact) mass is 237 g/mol. The maximum absolute atomic E-state index is 5.71. The molecule has 0 aromatic carbocycles. The summed E-state index contributed by atoms with van der Waals surface area (Å²) < 4.78 is 5.71. The van der Waals surface area contributed by atoms with Crippen molar-refractivity contribution in [2.24, 2.45) is 5.73 Å². The Hall–Kier alpha value is -1.29. The molecule has 0 unspecified atom stereocenters. The molecule has 1 heterocycles. The van der Waals surface area contributed by atoms with Crippen molar-refractivity contribution < 1.29 is 4.74 Å². The normalized spacial score (nSPS) is 10.3. The third kappa shape index (κ3) is 4.23. The van der Waals surface area contributed by atoms with Crippen molar-refractivity contribution >= 4 is 5.82 Å². The van der Waals surface area contributed by atoms with Crippen LogP contribution in [0.5, 0.6) is 5.75 Å². The van der Waals surface area contributed by atoms with Crippen molar-refractivity contribution in [3.05, 3.63) is 18.3 Å². The van der Waals surface area contributed by atoms with Crippen LogP contribution < -0.4 is 15.4 Å². The van der Waals surface area contributed by atoms with Crippen molar-refractivity contribution in [3.8, 4) is 5.75 Å². The zero-order valence-electron chi connectivity index (χ0n) is 10.9. The van der Waals surface area contributed by atoms with Gasteiger partial charge in [0.25, 0.3) is 0 Å². The molecule has 0 saturated carbocycles. The first-order valence-corrected chi connectivity index (χ1v) is 6.36. The van der Waals surface area contributed by atoms with Gasteiger partial charge < -0.3 is 15.4 Å². The van der Waals surface area contributed by atoms with E-state index in [1.54, 1.807) is 6.20 Å². The molecule has 4 nitrogen and oxygen atoms in total. The number of nitrogens with zero attached hydrogens (tertiary/aromatic N) is 2. The van der Waals surface area contributed by atoms with Gasteiger partial charge in [0.05, 0.1) is 6.61 Å². The molecule has 0 aliphatic carbocycles. The highest BCUT2D eigenvalue weighted by molar-refractivity contribution is 5.51. The number of hydrogen-bond acceptors (Lipinski definition) is 4. The van der Waals surface area contributed by atoms with Crippen LogP contribution in [-0.4, -0.2) is 31.2 Å². The third-order valence-corrected chi connectivity index (χ3v) is 2.53. The van der Waals surface area contributed by atoms with Crippen LogP contribution >= 0.6 is 0 Å². The molecule has 0 aliphatic heterocycles. The van der Waals surface area contributed by atoms with Crippen LogP contribution in [0.25, 0.3) is 0 Å². The summed E-state index contributed by atoms with van der Waals surface area (Å²) in [6.45, 7) is 7.49. The van der Waals surface area contributed by atoms with Gasteiger partial charge in [-0.05, 0) is 38.4 Å². The van der Waals surface area contributed by atoms with Crippen LogP contribution in [0.15, 0.2) is 18.3 Å². The molecule has 1 aromatic rings. The SMILES string of the molecule is CCCOc1cccnc1N(CC)CCCN. The Kier molecular flexibility index (Phi) is 6.40. The average Bonchev–Trinajstić information content (AvgIpc) is 2.38. The number of pyridine rings is 1. The molecule has 0 spiro atoms. The van der Waals surface area contributed by atoms with Gasteiger partial charge in [-0.25, -0.2) is 4.98 Å². The van der Waals surface area contributed by atoms with Gasteiger partial charge in [-0.1, -0.05) is 6.92 Å². The standard InChI is InChI=1S/C13H23N3O/c1-3-11-17-12-7-5-9-15-13(12)16(4-2)10-6-8-14/h5,7,9H,3-4,6,8,10-11,14H2,1-2H3. The molecule has 0 fully saturated rings. The summed E-state index contributed by atoms with van der Waals surface area (Å²) in [5.74, 6) is 1.80. The smallest absolute Gasteiger partial charge is 0.171 e. The van der Waals surface area contributed by atoms with E-state index in [2.05, 4.69) is 23.7 Å². The lowest BCUT2D eigenvalue weighted by molar-refractivity contribution is 0.316. The van der Waals surface area contributed by atoms with Gasteiger partial charge in [0.2, 0.25) is 0 Å². The Morgan fingerprint density at radius 1 is 1.41 bits per heavy atom. The summed E-state index contributed by atoms with van der Waals surface area (Å²) >= 11 is 0. The molecule has 0 radical (unpaired) electrons. The minimum absolute atomic E-state index is 0.703. The zero-order valence-corrected chi connectivity index (χ0v) is 10.9. The summed E-state index contributed by atoms with van der Waals surface area (Å²) in [4.78, 5) is 6.62. The third-order valence-electron chi connectivity index (χ3n) is 2.53. The highest BCUT2D eigenvalue weighted by Crippen LogP contribution is 2.25. The van der Waals surface area contributed by atoms with Crippen molar-refractivity contribution in [2.45, 2.75) is 26.7 Å². The molecule has 2 N–H and O–H groups in total. The number of nitrogens with two attached hydrogens (primary N) is 1. The van der Waals surface area contributed by atoms with E-state index < -0.39 is 0 Å². The molecule has 0 saturated heterocycles. The predicted octanol–water partition coefficient (Wildman–Crippen LogP) is 2.05. The Labute approximate surface area is 104 Å². The van der Waals surface area contributed by atoms with E-state index in [1.165, 1.54) is 0 Å². The lowest BCUT2D eigenvalue weighted by Gasteiger charge is -2.23. The molecule has 4 heteroatoms. The second kappa shape index (κ2) is 7.90. The zero-order chi connectivity index (χ0) is 12.5. The topological polar surface area (TPSA) is 51.4 Å². The van der Waals surface area contributed by atoms with Crippen molar-refractivity contribution in [3.63, 3.8) is 0 Å². The van der Waals surface area contributed by atoms with E-state index >= 15 is 0 Å². The van der Waals surface area contributed by atoms with Crippen molar-refractivity contribution in [2.75, 3.05) is 31.1 Å². The lowest BCUT2D eigenvalue weighted by Crippen LogP contribution is -2.27.